The molecule has 0 aromatic heterocycles. The molecule has 214 valence electrons. The summed E-state index contributed by atoms with van der Waals surface area (Å²) in [5, 5.41) is 43.8. The molecule has 38 heavy (non-hydrogen) atoms. The van der Waals surface area contributed by atoms with Crippen molar-refractivity contribution < 1.29 is 58.8 Å². The normalized spacial score (nSPS) is 11.9. The Bertz CT molecular complexity index is 816. The third kappa shape index (κ3) is 18.7. The van der Waals surface area contributed by atoms with Crippen LogP contribution >= 0.6 is 21.6 Å². The molecule has 0 radical (unpaired) electrons. The SMILES string of the molecule is O=C(O)CCCC(=O)N[C@@H](CSSC[C@H](NC(=O)CCCC(=O)O)C(=O)NCC(=O)O)C(=O)NCC(=O)O. The molecule has 0 saturated heterocycles. The first kappa shape index (κ1) is 34.5. The van der Waals surface area contributed by atoms with Gasteiger partial charge < -0.3 is 41.7 Å². The van der Waals surface area contributed by atoms with Gasteiger partial charge in [-0.25, -0.2) is 0 Å². The summed E-state index contributed by atoms with van der Waals surface area (Å²) in [5.74, 6) is -7.92. The van der Waals surface area contributed by atoms with E-state index in [1.54, 1.807) is 0 Å². The van der Waals surface area contributed by atoms with E-state index in [0.717, 1.165) is 21.6 Å². The Hall–Kier alpha value is -3.54. The quantitative estimate of drug-likeness (QED) is 0.0551. The smallest absolute Gasteiger partial charge is 0.322 e. The molecule has 16 nitrogen and oxygen atoms in total. The second-order valence-electron chi connectivity index (χ2n) is 7.53. The lowest BCUT2D eigenvalue weighted by molar-refractivity contribution is -0.139. The lowest BCUT2D eigenvalue weighted by atomic mass is 10.2. The molecule has 8 N–H and O–H groups in total. The van der Waals surface area contributed by atoms with Crippen molar-refractivity contribution in [3.63, 3.8) is 0 Å². The second kappa shape index (κ2) is 19.6. The lowest BCUT2D eigenvalue weighted by Crippen LogP contribution is -2.49. The average Bonchev–Trinajstić information content (AvgIpc) is 2.81. The molecule has 0 rings (SSSR count). The maximum atomic E-state index is 12.3. The van der Waals surface area contributed by atoms with Crippen molar-refractivity contribution in [1.29, 1.82) is 0 Å². The number of carbonyl (C=O) groups is 8. The van der Waals surface area contributed by atoms with Crippen LogP contribution in [0.1, 0.15) is 38.5 Å². The van der Waals surface area contributed by atoms with E-state index in [0.29, 0.717) is 0 Å². The molecule has 0 aliphatic heterocycles. The van der Waals surface area contributed by atoms with E-state index in [1.807, 2.05) is 0 Å². The molecule has 4 amide bonds. The minimum Gasteiger partial charge on any atom is -0.481 e. The molecule has 2 atom stereocenters. The lowest BCUT2D eigenvalue weighted by Gasteiger charge is -2.19. The van der Waals surface area contributed by atoms with Gasteiger partial charge in [-0.3, -0.25) is 38.4 Å². The molecule has 0 aliphatic rings. The van der Waals surface area contributed by atoms with Crippen LogP contribution in [-0.2, 0) is 38.4 Å². The van der Waals surface area contributed by atoms with Crippen molar-refractivity contribution in [2.45, 2.75) is 50.6 Å². The predicted molar refractivity (Wildman–Crippen MR) is 133 cm³/mol. The van der Waals surface area contributed by atoms with Gasteiger partial charge in [0.25, 0.3) is 0 Å². The maximum Gasteiger partial charge on any atom is 0.322 e. The first-order chi connectivity index (χ1) is 17.8. The zero-order valence-electron chi connectivity index (χ0n) is 20.1. The number of carbonyl (C=O) groups excluding carboxylic acids is 4. The molecule has 0 unspecified atom stereocenters. The van der Waals surface area contributed by atoms with E-state index in [4.69, 9.17) is 20.4 Å². The minimum atomic E-state index is -1.32. The first-order valence-electron chi connectivity index (χ1n) is 11.1. The number of rotatable bonds is 21. The van der Waals surface area contributed by atoms with Gasteiger partial charge in [-0.15, -0.1) is 0 Å². The molecule has 0 bridgehead atoms. The number of nitrogens with one attached hydrogen (secondary N) is 4. The van der Waals surface area contributed by atoms with Crippen LogP contribution in [0.25, 0.3) is 0 Å². The largest absolute Gasteiger partial charge is 0.481 e. The molecule has 0 aromatic rings. The number of amides is 4. The highest BCUT2D eigenvalue weighted by molar-refractivity contribution is 8.76. The molecular formula is C20H30N4O12S2. The van der Waals surface area contributed by atoms with Crippen molar-refractivity contribution in [1.82, 2.24) is 21.3 Å². The highest BCUT2D eigenvalue weighted by Gasteiger charge is 2.24. The summed E-state index contributed by atoms with van der Waals surface area (Å²) in [6.07, 6.45) is -0.862. The zero-order valence-corrected chi connectivity index (χ0v) is 21.7. The van der Waals surface area contributed by atoms with Gasteiger partial charge in [0, 0.05) is 37.2 Å². The van der Waals surface area contributed by atoms with Crippen molar-refractivity contribution in [3.05, 3.63) is 0 Å². The standard InChI is InChI=1S/C20H30N4O12S2/c25-13(3-1-5-15(27)28)23-11(19(35)21-7-17(31)32)9-37-38-10-12(20(36)22-8-18(33)34)24-14(26)4-2-6-16(29)30/h11-12H,1-10H2,(H,21,35)(H,22,36)(H,23,25)(H,24,26)(H,27,28)(H,29,30)(H,31,32)(H,33,34)/t11-,12-/m0/s1. The van der Waals surface area contributed by atoms with Crippen LogP contribution in [0.5, 0.6) is 0 Å². The molecular weight excluding hydrogens is 552 g/mol. The molecule has 0 heterocycles. The van der Waals surface area contributed by atoms with E-state index in [-0.39, 0.29) is 50.0 Å². The third-order valence-electron chi connectivity index (χ3n) is 4.27. The zero-order chi connectivity index (χ0) is 29.1. The summed E-state index contributed by atoms with van der Waals surface area (Å²) in [7, 11) is 1.98. The van der Waals surface area contributed by atoms with Crippen molar-refractivity contribution >= 4 is 69.1 Å². The van der Waals surface area contributed by atoms with Crippen LogP contribution < -0.4 is 21.3 Å². The topological polar surface area (TPSA) is 266 Å². The Labute approximate surface area is 224 Å². The van der Waals surface area contributed by atoms with Crippen molar-refractivity contribution in [2.75, 3.05) is 24.6 Å². The van der Waals surface area contributed by atoms with E-state index < -0.39 is 72.7 Å². The molecule has 0 saturated carbocycles. The molecule has 18 heteroatoms. The second-order valence-corrected chi connectivity index (χ2v) is 10.1. The molecule has 0 spiro atoms. The van der Waals surface area contributed by atoms with Crippen LogP contribution in [0.3, 0.4) is 0 Å². The monoisotopic (exact) mass is 582 g/mol. The van der Waals surface area contributed by atoms with E-state index in [9.17, 15) is 38.4 Å². The van der Waals surface area contributed by atoms with E-state index >= 15 is 0 Å². The average molecular weight is 583 g/mol. The highest BCUT2D eigenvalue weighted by Crippen LogP contribution is 2.23. The number of carboxylic acids is 4. The van der Waals surface area contributed by atoms with Gasteiger partial charge >= 0.3 is 23.9 Å². The fraction of sp³-hybridized carbons (Fsp3) is 0.600. The summed E-state index contributed by atoms with van der Waals surface area (Å²) in [5.41, 5.74) is 0. The summed E-state index contributed by atoms with van der Waals surface area (Å²) < 4.78 is 0. The van der Waals surface area contributed by atoms with Crippen LogP contribution in [0.2, 0.25) is 0 Å². The van der Waals surface area contributed by atoms with Gasteiger partial charge in [-0.2, -0.15) is 0 Å². The Kier molecular flexibility index (Phi) is 17.7. The Morgan fingerprint density at radius 3 is 1.16 bits per heavy atom. The Morgan fingerprint density at radius 2 is 0.868 bits per heavy atom. The van der Waals surface area contributed by atoms with Crippen LogP contribution in [0.15, 0.2) is 0 Å². The molecule has 0 fully saturated rings. The van der Waals surface area contributed by atoms with Crippen molar-refractivity contribution in [2.24, 2.45) is 0 Å². The number of hydrogen-bond acceptors (Lipinski definition) is 10. The predicted octanol–water partition coefficient (Wildman–Crippen LogP) is -1.75. The molecule has 0 aromatic carbocycles. The molecule has 0 aliphatic carbocycles. The fourth-order valence-electron chi connectivity index (χ4n) is 2.50. The number of hydrogen-bond donors (Lipinski definition) is 8. The third-order valence-corrected chi connectivity index (χ3v) is 6.69. The van der Waals surface area contributed by atoms with Crippen LogP contribution in [0.4, 0.5) is 0 Å². The summed E-state index contributed by atoms with van der Waals surface area (Å²) >= 11 is 0. The van der Waals surface area contributed by atoms with Gasteiger partial charge in [-0.1, -0.05) is 21.6 Å². The summed E-state index contributed by atoms with van der Waals surface area (Å²) in [6.45, 7) is -1.41. The summed E-state index contributed by atoms with van der Waals surface area (Å²) in [6, 6.07) is -2.40. The number of aliphatic carboxylic acids is 4. The van der Waals surface area contributed by atoms with Crippen LogP contribution in [-0.4, -0.2) is 105 Å². The van der Waals surface area contributed by atoms with Gasteiger partial charge in [0.05, 0.1) is 0 Å². The number of carboxylic acid groups (broad SMARTS) is 4. The fourth-order valence-corrected chi connectivity index (χ4v) is 4.83. The van der Waals surface area contributed by atoms with Gasteiger partial charge in [0.2, 0.25) is 23.6 Å². The summed E-state index contributed by atoms with van der Waals surface area (Å²) in [4.78, 5) is 91.5. The van der Waals surface area contributed by atoms with Crippen molar-refractivity contribution in [3.8, 4) is 0 Å². The van der Waals surface area contributed by atoms with Gasteiger partial charge in [0.1, 0.15) is 25.2 Å². The van der Waals surface area contributed by atoms with E-state index in [2.05, 4.69) is 21.3 Å². The van der Waals surface area contributed by atoms with Gasteiger partial charge in [-0.05, 0) is 12.8 Å². The Morgan fingerprint density at radius 1 is 0.526 bits per heavy atom. The minimum absolute atomic E-state index is 0.0197. The Balaban J connectivity index is 5.05. The highest BCUT2D eigenvalue weighted by atomic mass is 33.1. The van der Waals surface area contributed by atoms with Crippen LogP contribution in [0, 0.1) is 0 Å². The van der Waals surface area contributed by atoms with E-state index in [1.165, 1.54) is 0 Å². The first-order valence-corrected chi connectivity index (χ1v) is 13.6. The maximum absolute atomic E-state index is 12.3. The van der Waals surface area contributed by atoms with Gasteiger partial charge in [0.15, 0.2) is 0 Å².